The number of ether oxygens (including phenoxy) is 2. The van der Waals surface area contributed by atoms with Gasteiger partial charge >= 0.3 is 0 Å². The van der Waals surface area contributed by atoms with Gasteiger partial charge in [0, 0.05) is 23.1 Å². The summed E-state index contributed by atoms with van der Waals surface area (Å²) < 4.78 is 11.8. The van der Waals surface area contributed by atoms with Gasteiger partial charge in [-0.2, -0.15) is 0 Å². The van der Waals surface area contributed by atoms with Crippen molar-refractivity contribution in [2.24, 2.45) is 0 Å². The molecule has 24 heavy (non-hydrogen) atoms. The Hall–Kier alpha value is -1.56. The van der Waals surface area contributed by atoms with Crippen molar-refractivity contribution in [1.29, 1.82) is 0 Å². The number of nitrogens with one attached hydrogen (secondary N) is 2. The first kappa shape index (κ1) is 17.3. The molecule has 1 aliphatic rings. The Morgan fingerprint density at radius 3 is 2.54 bits per heavy atom. The minimum absolute atomic E-state index is 0.352. The van der Waals surface area contributed by atoms with E-state index in [0.29, 0.717) is 12.1 Å². The topological polar surface area (TPSA) is 42.5 Å². The average Bonchev–Trinajstić information content (AvgIpc) is 3.09. The van der Waals surface area contributed by atoms with Crippen molar-refractivity contribution in [1.82, 2.24) is 10.6 Å². The fourth-order valence-electron chi connectivity index (χ4n) is 3.21. The standard InChI is InChI=1S/C19H23BrN2O2/c1-23-17-10-14(15(20)11-18(17)24-2)12-22-16-8-9-21-19(16)13-6-4-3-5-7-13/h3-7,10-11,16,19,21-22H,8-9,12H2,1-2H3/t16-,19-/m0/s1. The lowest BCUT2D eigenvalue weighted by atomic mass is 10.0. The van der Waals surface area contributed by atoms with E-state index in [1.54, 1.807) is 14.2 Å². The molecule has 2 atom stereocenters. The highest BCUT2D eigenvalue weighted by Gasteiger charge is 2.27. The van der Waals surface area contributed by atoms with Crippen LogP contribution in [0.4, 0.5) is 0 Å². The van der Waals surface area contributed by atoms with Crippen LogP contribution in [0.15, 0.2) is 46.9 Å². The van der Waals surface area contributed by atoms with Crippen molar-refractivity contribution >= 4 is 15.9 Å². The van der Waals surface area contributed by atoms with E-state index in [9.17, 15) is 0 Å². The minimum atomic E-state index is 0.352. The van der Waals surface area contributed by atoms with Crippen LogP contribution in [0.2, 0.25) is 0 Å². The number of hydrogen-bond donors (Lipinski definition) is 2. The second-order valence-electron chi connectivity index (χ2n) is 5.92. The molecule has 0 aromatic heterocycles. The maximum Gasteiger partial charge on any atom is 0.161 e. The van der Waals surface area contributed by atoms with E-state index in [2.05, 4.69) is 56.9 Å². The largest absolute Gasteiger partial charge is 0.493 e. The molecule has 1 saturated heterocycles. The lowest BCUT2D eigenvalue weighted by molar-refractivity contribution is 0.354. The molecular weight excluding hydrogens is 368 g/mol. The third-order valence-electron chi connectivity index (χ3n) is 4.49. The van der Waals surface area contributed by atoms with Gasteiger partial charge in [0.25, 0.3) is 0 Å². The highest BCUT2D eigenvalue weighted by Crippen LogP contribution is 2.33. The van der Waals surface area contributed by atoms with Crippen LogP contribution in [0.3, 0.4) is 0 Å². The Morgan fingerprint density at radius 1 is 1.12 bits per heavy atom. The average molecular weight is 391 g/mol. The predicted octanol–water partition coefficient (Wildman–Crippen LogP) is 3.66. The lowest BCUT2D eigenvalue weighted by Crippen LogP contribution is -2.34. The van der Waals surface area contributed by atoms with Crippen LogP contribution in [0.5, 0.6) is 11.5 Å². The van der Waals surface area contributed by atoms with E-state index in [1.807, 2.05) is 12.1 Å². The van der Waals surface area contributed by atoms with Crippen molar-refractivity contribution in [2.45, 2.75) is 25.0 Å². The third kappa shape index (κ3) is 3.74. The molecule has 0 aliphatic carbocycles. The van der Waals surface area contributed by atoms with Crippen LogP contribution < -0.4 is 20.1 Å². The van der Waals surface area contributed by atoms with Gasteiger partial charge in [-0.05, 0) is 36.2 Å². The molecule has 1 fully saturated rings. The molecular formula is C19H23BrN2O2. The highest BCUT2D eigenvalue weighted by atomic mass is 79.9. The molecule has 3 rings (SSSR count). The van der Waals surface area contributed by atoms with E-state index >= 15 is 0 Å². The molecule has 128 valence electrons. The molecule has 5 heteroatoms. The highest BCUT2D eigenvalue weighted by molar-refractivity contribution is 9.10. The Morgan fingerprint density at radius 2 is 1.83 bits per heavy atom. The first-order valence-electron chi connectivity index (χ1n) is 8.15. The molecule has 0 spiro atoms. The third-order valence-corrected chi connectivity index (χ3v) is 5.23. The van der Waals surface area contributed by atoms with Gasteiger partial charge in [-0.3, -0.25) is 0 Å². The van der Waals surface area contributed by atoms with Crippen molar-refractivity contribution in [3.05, 3.63) is 58.1 Å². The molecule has 0 radical (unpaired) electrons. The van der Waals surface area contributed by atoms with E-state index in [-0.39, 0.29) is 0 Å². The maximum atomic E-state index is 5.41. The Kier molecular flexibility index (Phi) is 5.76. The van der Waals surface area contributed by atoms with Gasteiger partial charge in [0.1, 0.15) is 0 Å². The quantitative estimate of drug-likeness (QED) is 0.789. The summed E-state index contributed by atoms with van der Waals surface area (Å²) in [5.41, 5.74) is 2.49. The van der Waals surface area contributed by atoms with E-state index in [0.717, 1.165) is 41.0 Å². The SMILES string of the molecule is COc1cc(Br)c(CN[C@H]2CCN[C@H]2c2ccccc2)cc1OC. The van der Waals surface area contributed by atoms with E-state index < -0.39 is 0 Å². The number of halogens is 1. The summed E-state index contributed by atoms with van der Waals surface area (Å²) in [4.78, 5) is 0. The van der Waals surface area contributed by atoms with Crippen molar-refractivity contribution in [3.63, 3.8) is 0 Å². The smallest absolute Gasteiger partial charge is 0.161 e. The first-order valence-corrected chi connectivity index (χ1v) is 8.94. The molecule has 1 aliphatic heterocycles. The molecule has 2 aromatic rings. The number of benzene rings is 2. The fraction of sp³-hybridized carbons (Fsp3) is 0.368. The van der Waals surface area contributed by atoms with Crippen LogP contribution in [-0.4, -0.2) is 26.8 Å². The second-order valence-corrected chi connectivity index (χ2v) is 6.77. The lowest BCUT2D eigenvalue weighted by Gasteiger charge is -2.22. The molecule has 1 heterocycles. The van der Waals surface area contributed by atoms with Crippen LogP contribution in [0.25, 0.3) is 0 Å². The van der Waals surface area contributed by atoms with Crippen LogP contribution in [0, 0.1) is 0 Å². The minimum Gasteiger partial charge on any atom is -0.493 e. The monoisotopic (exact) mass is 390 g/mol. The molecule has 2 N–H and O–H groups in total. The summed E-state index contributed by atoms with van der Waals surface area (Å²) in [5, 5.41) is 7.28. The summed E-state index contributed by atoms with van der Waals surface area (Å²) in [6.07, 6.45) is 1.12. The maximum absolute atomic E-state index is 5.41. The number of rotatable bonds is 6. The second kappa shape index (κ2) is 8.01. The van der Waals surface area contributed by atoms with Gasteiger partial charge in [-0.25, -0.2) is 0 Å². The normalized spacial score (nSPS) is 20.1. The summed E-state index contributed by atoms with van der Waals surface area (Å²) in [6, 6.07) is 15.4. The zero-order valence-electron chi connectivity index (χ0n) is 14.0. The zero-order valence-corrected chi connectivity index (χ0v) is 15.6. The first-order chi connectivity index (χ1) is 11.7. The molecule has 0 amide bonds. The number of hydrogen-bond acceptors (Lipinski definition) is 4. The molecule has 0 bridgehead atoms. The zero-order chi connectivity index (χ0) is 16.9. The van der Waals surface area contributed by atoms with Gasteiger partial charge in [-0.1, -0.05) is 46.3 Å². The predicted molar refractivity (Wildman–Crippen MR) is 99.7 cm³/mol. The Labute approximate surface area is 151 Å². The summed E-state index contributed by atoms with van der Waals surface area (Å²) in [6.45, 7) is 1.81. The molecule has 0 unspecified atom stereocenters. The summed E-state index contributed by atoms with van der Waals surface area (Å²) >= 11 is 3.63. The summed E-state index contributed by atoms with van der Waals surface area (Å²) in [7, 11) is 3.31. The molecule has 4 nitrogen and oxygen atoms in total. The van der Waals surface area contributed by atoms with E-state index in [4.69, 9.17) is 9.47 Å². The van der Waals surface area contributed by atoms with Crippen LogP contribution in [-0.2, 0) is 6.54 Å². The van der Waals surface area contributed by atoms with Gasteiger partial charge in [0.05, 0.1) is 14.2 Å². The molecule has 0 saturated carbocycles. The van der Waals surface area contributed by atoms with E-state index in [1.165, 1.54) is 5.56 Å². The van der Waals surface area contributed by atoms with Crippen LogP contribution in [0.1, 0.15) is 23.6 Å². The van der Waals surface area contributed by atoms with Gasteiger partial charge < -0.3 is 20.1 Å². The Bertz CT molecular complexity index is 679. The summed E-state index contributed by atoms with van der Waals surface area (Å²) in [5.74, 6) is 1.49. The number of methoxy groups -OCH3 is 2. The van der Waals surface area contributed by atoms with Crippen molar-refractivity contribution in [3.8, 4) is 11.5 Å². The fourth-order valence-corrected chi connectivity index (χ4v) is 3.67. The van der Waals surface area contributed by atoms with Crippen molar-refractivity contribution < 1.29 is 9.47 Å². The molecule has 2 aromatic carbocycles. The Balaban J connectivity index is 1.71. The van der Waals surface area contributed by atoms with Crippen molar-refractivity contribution in [2.75, 3.05) is 20.8 Å². The van der Waals surface area contributed by atoms with Crippen LogP contribution >= 0.6 is 15.9 Å². The van der Waals surface area contributed by atoms with Gasteiger partial charge in [0.15, 0.2) is 11.5 Å². The van der Waals surface area contributed by atoms with Gasteiger partial charge in [0.2, 0.25) is 0 Å². The van der Waals surface area contributed by atoms with Gasteiger partial charge in [-0.15, -0.1) is 0 Å².